The van der Waals surface area contributed by atoms with Crippen LogP contribution in [0.25, 0.3) is 0 Å². The molecule has 1 unspecified atom stereocenters. The van der Waals surface area contributed by atoms with E-state index in [-0.39, 0.29) is 6.54 Å². The van der Waals surface area contributed by atoms with Crippen molar-refractivity contribution in [3.05, 3.63) is 15.9 Å². The van der Waals surface area contributed by atoms with Crippen molar-refractivity contribution in [2.45, 2.75) is 13.0 Å². The fourth-order valence-electron chi connectivity index (χ4n) is 0.830. The fourth-order valence-corrected chi connectivity index (χ4v) is 1.13. The first-order chi connectivity index (χ1) is 5.16. The summed E-state index contributed by atoms with van der Waals surface area (Å²) < 4.78 is 0.722. The smallest absolute Gasteiger partial charge is 0.131 e. The number of H-pyrrole nitrogens is 1. The number of hydrogen-bond acceptors (Lipinski definition) is 3. The number of aromatic amines is 1. The minimum absolute atomic E-state index is 0.204. The van der Waals surface area contributed by atoms with Gasteiger partial charge in [0.15, 0.2) is 0 Å². The van der Waals surface area contributed by atoms with Crippen molar-refractivity contribution < 1.29 is 5.11 Å². The molecule has 0 aromatic carbocycles. The zero-order chi connectivity index (χ0) is 8.43. The van der Waals surface area contributed by atoms with Crippen molar-refractivity contribution in [1.29, 1.82) is 0 Å². The number of hydrogen-bond donors (Lipinski definition) is 3. The molecule has 0 amide bonds. The van der Waals surface area contributed by atoms with E-state index in [9.17, 15) is 5.11 Å². The molecule has 1 atom stereocenters. The van der Waals surface area contributed by atoms with E-state index in [1.807, 2.05) is 6.92 Å². The van der Waals surface area contributed by atoms with E-state index in [0.717, 1.165) is 10.2 Å². The van der Waals surface area contributed by atoms with Crippen LogP contribution in [0.3, 0.4) is 0 Å². The maximum Gasteiger partial charge on any atom is 0.131 e. The lowest BCUT2D eigenvalue weighted by Gasteiger charge is -2.04. The van der Waals surface area contributed by atoms with Crippen molar-refractivity contribution in [3.63, 3.8) is 0 Å². The predicted octanol–water partition coefficient (Wildman–Crippen LogP) is 0.473. The Kier molecular flexibility index (Phi) is 2.64. The van der Waals surface area contributed by atoms with Crippen LogP contribution in [0.1, 0.15) is 17.4 Å². The van der Waals surface area contributed by atoms with Crippen LogP contribution >= 0.6 is 15.9 Å². The number of aliphatic hydroxyl groups is 1. The zero-order valence-electron chi connectivity index (χ0n) is 6.13. The fraction of sp³-hybridized carbons (Fsp3) is 0.500. The number of halogens is 1. The molecule has 1 aromatic rings. The average Bonchev–Trinajstić information content (AvgIpc) is 2.32. The lowest BCUT2D eigenvalue weighted by Crippen LogP contribution is -2.12. The van der Waals surface area contributed by atoms with Crippen LogP contribution in [0.4, 0.5) is 0 Å². The summed E-state index contributed by atoms with van der Waals surface area (Å²) in [4.78, 5) is 0. The molecule has 4 nitrogen and oxygen atoms in total. The summed E-state index contributed by atoms with van der Waals surface area (Å²) in [7, 11) is 0. The van der Waals surface area contributed by atoms with Crippen LogP contribution in [0.2, 0.25) is 0 Å². The van der Waals surface area contributed by atoms with Gasteiger partial charge in [-0.15, -0.1) is 0 Å². The standard InChI is InChI=1S/C6H10BrN3O/c1-3-5(4(11)2-8)9-10-6(3)7/h4,11H,2,8H2,1H3,(H,9,10). The van der Waals surface area contributed by atoms with E-state index in [2.05, 4.69) is 26.1 Å². The van der Waals surface area contributed by atoms with Crippen LogP contribution in [-0.4, -0.2) is 21.8 Å². The Bertz CT molecular complexity index is 248. The predicted molar refractivity (Wildman–Crippen MR) is 45.0 cm³/mol. The second kappa shape index (κ2) is 3.34. The van der Waals surface area contributed by atoms with Crippen molar-refractivity contribution in [2.75, 3.05) is 6.54 Å². The summed E-state index contributed by atoms with van der Waals surface area (Å²) in [5.41, 5.74) is 6.85. The highest BCUT2D eigenvalue weighted by molar-refractivity contribution is 9.10. The van der Waals surface area contributed by atoms with Gasteiger partial charge >= 0.3 is 0 Å². The quantitative estimate of drug-likeness (QED) is 0.678. The van der Waals surface area contributed by atoms with Gasteiger partial charge in [-0.3, -0.25) is 5.10 Å². The van der Waals surface area contributed by atoms with Crippen LogP contribution in [0, 0.1) is 6.92 Å². The van der Waals surface area contributed by atoms with E-state index in [1.165, 1.54) is 0 Å². The average molecular weight is 220 g/mol. The van der Waals surface area contributed by atoms with E-state index in [4.69, 9.17) is 5.73 Å². The Hall–Kier alpha value is -0.390. The highest BCUT2D eigenvalue weighted by Gasteiger charge is 2.12. The molecule has 1 heterocycles. The van der Waals surface area contributed by atoms with Crippen LogP contribution in [0.5, 0.6) is 0 Å². The lowest BCUT2D eigenvalue weighted by molar-refractivity contribution is 0.181. The van der Waals surface area contributed by atoms with Gasteiger partial charge in [-0.1, -0.05) is 0 Å². The Balaban J connectivity index is 2.94. The van der Waals surface area contributed by atoms with Crippen molar-refractivity contribution in [2.24, 2.45) is 5.73 Å². The van der Waals surface area contributed by atoms with Gasteiger partial charge in [-0.2, -0.15) is 5.10 Å². The van der Waals surface area contributed by atoms with Crippen molar-refractivity contribution in [3.8, 4) is 0 Å². The Morgan fingerprint density at radius 2 is 2.45 bits per heavy atom. The summed E-state index contributed by atoms with van der Waals surface area (Å²) in [6.45, 7) is 2.07. The second-order valence-corrected chi connectivity index (χ2v) is 3.06. The summed E-state index contributed by atoms with van der Waals surface area (Å²) in [6, 6.07) is 0. The molecule has 62 valence electrons. The van der Waals surface area contributed by atoms with E-state index < -0.39 is 6.10 Å². The number of nitrogens with zero attached hydrogens (tertiary/aromatic N) is 1. The van der Waals surface area contributed by atoms with Gasteiger partial charge in [0.05, 0.1) is 5.69 Å². The zero-order valence-corrected chi connectivity index (χ0v) is 7.72. The minimum Gasteiger partial charge on any atom is -0.385 e. The monoisotopic (exact) mass is 219 g/mol. The summed E-state index contributed by atoms with van der Waals surface area (Å²) >= 11 is 3.22. The Morgan fingerprint density at radius 1 is 1.82 bits per heavy atom. The number of nitrogens with two attached hydrogens (primary N) is 1. The molecular formula is C6H10BrN3O. The molecule has 5 heteroatoms. The Labute approximate surface area is 72.9 Å². The van der Waals surface area contributed by atoms with Crippen molar-refractivity contribution in [1.82, 2.24) is 10.2 Å². The number of rotatable bonds is 2. The Morgan fingerprint density at radius 3 is 2.82 bits per heavy atom. The molecule has 1 rings (SSSR count). The molecule has 0 bridgehead atoms. The third kappa shape index (κ3) is 1.61. The first-order valence-corrected chi connectivity index (χ1v) is 4.04. The van der Waals surface area contributed by atoms with Gasteiger partial charge in [0, 0.05) is 12.1 Å². The third-order valence-corrected chi connectivity index (χ3v) is 2.32. The molecule has 0 aliphatic carbocycles. The van der Waals surface area contributed by atoms with Gasteiger partial charge in [-0.25, -0.2) is 0 Å². The topological polar surface area (TPSA) is 74.9 Å². The number of nitrogens with one attached hydrogen (secondary N) is 1. The van der Waals surface area contributed by atoms with Gasteiger partial charge in [0.2, 0.25) is 0 Å². The van der Waals surface area contributed by atoms with E-state index in [0.29, 0.717) is 5.69 Å². The number of aliphatic hydroxyl groups excluding tert-OH is 1. The van der Waals surface area contributed by atoms with E-state index >= 15 is 0 Å². The second-order valence-electron chi connectivity index (χ2n) is 2.30. The summed E-state index contributed by atoms with van der Waals surface area (Å²) in [5.74, 6) is 0. The molecule has 0 fully saturated rings. The first-order valence-electron chi connectivity index (χ1n) is 3.25. The highest BCUT2D eigenvalue weighted by Crippen LogP contribution is 2.20. The van der Waals surface area contributed by atoms with E-state index in [1.54, 1.807) is 0 Å². The maximum absolute atomic E-state index is 9.31. The minimum atomic E-state index is -0.645. The molecule has 4 N–H and O–H groups in total. The van der Waals surface area contributed by atoms with Crippen LogP contribution in [0.15, 0.2) is 4.60 Å². The first kappa shape index (κ1) is 8.70. The van der Waals surface area contributed by atoms with Gasteiger partial charge in [0.1, 0.15) is 10.7 Å². The molecule has 11 heavy (non-hydrogen) atoms. The summed E-state index contributed by atoms with van der Waals surface area (Å²) in [5, 5.41) is 15.9. The third-order valence-electron chi connectivity index (χ3n) is 1.54. The molecule has 0 spiro atoms. The molecule has 0 saturated heterocycles. The SMILES string of the molecule is Cc1c(Br)n[nH]c1C(O)CN. The van der Waals surface area contributed by atoms with Crippen molar-refractivity contribution >= 4 is 15.9 Å². The number of aromatic nitrogens is 2. The largest absolute Gasteiger partial charge is 0.385 e. The molecule has 0 aliphatic rings. The molecule has 0 saturated carbocycles. The van der Waals surface area contributed by atoms with Crippen LogP contribution < -0.4 is 5.73 Å². The normalized spacial score (nSPS) is 13.5. The molecule has 1 aromatic heterocycles. The highest BCUT2D eigenvalue weighted by atomic mass is 79.9. The lowest BCUT2D eigenvalue weighted by atomic mass is 10.2. The maximum atomic E-state index is 9.31. The molecule has 0 radical (unpaired) electrons. The van der Waals surface area contributed by atoms with Gasteiger partial charge in [-0.05, 0) is 22.9 Å². The molecule has 0 aliphatic heterocycles. The summed E-state index contributed by atoms with van der Waals surface area (Å²) in [6.07, 6.45) is -0.645. The van der Waals surface area contributed by atoms with Gasteiger partial charge < -0.3 is 10.8 Å². The molecular weight excluding hydrogens is 210 g/mol. The van der Waals surface area contributed by atoms with Gasteiger partial charge in [0.25, 0.3) is 0 Å². The van der Waals surface area contributed by atoms with Crippen LogP contribution in [-0.2, 0) is 0 Å².